The number of nitrogens with two attached hydrogens (primary N) is 1. The standard InChI is InChI=1S/C15H16Cl2N4/c16-10-7-12(17)15(20-8-10)14(21-18)11-5-1-3-9-4-2-6-19-13(9)11/h2,4,6-8,11,14,21H,1,3,5,18H2. The number of aryl methyl sites for hydroxylation is 1. The van der Waals surface area contributed by atoms with Crippen LogP contribution < -0.4 is 11.3 Å². The predicted molar refractivity (Wildman–Crippen MR) is 84.2 cm³/mol. The van der Waals surface area contributed by atoms with E-state index >= 15 is 0 Å². The van der Waals surface area contributed by atoms with E-state index in [2.05, 4.69) is 21.5 Å². The fourth-order valence-corrected chi connectivity index (χ4v) is 3.51. The minimum Gasteiger partial charge on any atom is -0.271 e. The van der Waals surface area contributed by atoms with Crippen molar-refractivity contribution in [1.29, 1.82) is 0 Å². The topological polar surface area (TPSA) is 63.8 Å². The number of nitrogens with one attached hydrogen (secondary N) is 1. The van der Waals surface area contributed by atoms with Crippen molar-refractivity contribution in [1.82, 2.24) is 15.4 Å². The lowest BCUT2D eigenvalue weighted by molar-refractivity contribution is 0.393. The fourth-order valence-electron chi connectivity index (χ4n) is 3.01. The maximum Gasteiger partial charge on any atom is 0.0780 e. The number of rotatable bonds is 3. The number of nitrogens with zero attached hydrogens (tertiary/aromatic N) is 2. The number of halogens is 2. The van der Waals surface area contributed by atoms with Gasteiger partial charge in [0.25, 0.3) is 0 Å². The third kappa shape index (κ3) is 2.90. The molecule has 2 aromatic heterocycles. The lowest BCUT2D eigenvalue weighted by Crippen LogP contribution is -2.35. The van der Waals surface area contributed by atoms with E-state index in [9.17, 15) is 0 Å². The van der Waals surface area contributed by atoms with Crippen LogP contribution in [0.2, 0.25) is 10.0 Å². The molecule has 3 rings (SSSR count). The summed E-state index contributed by atoms with van der Waals surface area (Å²) < 4.78 is 0. The molecule has 2 unspecified atom stereocenters. The summed E-state index contributed by atoms with van der Waals surface area (Å²) in [5.41, 5.74) is 5.93. The van der Waals surface area contributed by atoms with Crippen LogP contribution >= 0.6 is 23.2 Å². The van der Waals surface area contributed by atoms with Crippen molar-refractivity contribution in [2.45, 2.75) is 31.2 Å². The molecule has 0 fully saturated rings. The highest BCUT2D eigenvalue weighted by molar-refractivity contribution is 6.34. The van der Waals surface area contributed by atoms with Gasteiger partial charge in [-0.05, 0) is 37.0 Å². The average Bonchev–Trinajstić information content (AvgIpc) is 2.50. The van der Waals surface area contributed by atoms with E-state index in [1.807, 2.05) is 12.3 Å². The van der Waals surface area contributed by atoms with Gasteiger partial charge in [0.15, 0.2) is 0 Å². The smallest absolute Gasteiger partial charge is 0.0780 e. The summed E-state index contributed by atoms with van der Waals surface area (Å²) in [6.07, 6.45) is 6.57. The molecule has 21 heavy (non-hydrogen) atoms. The molecule has 0 aromatic carbocycles. The number of aromatic nitrogens is 2. The quantitative estimate of drug-likeness (QED) is 0.671. The van der Waals surface area contributed by atoms with Gasteiger partial charge in [0.1, 0.15) is 0 Å². The summed E-state index contributed by atoms with van der Waals surface area (Å²) >= 11 is 12.2. The van der Waals surface area contributed by atoms with Crippen molar-refractivity contribution in [2.75, 3.05) is 0 Å². The normalized spacial score (nSPS) is 19.1. The molecule has 0 amide bonds. The van der Waals surface area contributed by atoms with E-state index in [-0.39, 0.29) is 12.0 Å². The molecule has 2 heterocycles. The molecule has 0 saturated carbocycles. The molecule has 2 aromatic rings. The average molecular weight is 323 g/mol. The number of hydrogen-bond donors (Lipinski definition) is 2. The molecule has 110 valence electrons. The first-order chi connectivity index (χ1) is 10.2. The molecule has 0 aliphatic heterocycles. The van der Waals surface area contributed by atoms with Crippen molar-refractivity contribution < 1.29 is 0 Å². The minimum atomic E-state index is -0.177. The van der Waals surface area contributed by atoms with Crippen LogP contribution in [0.4, 0.5) is 0 Å². The van der Waals surface area contributed by atoms with Crippen LogP contribution in [-0.4, -0.2) is 9.97 Å². The highest BCUT2D eigenvalue weighted by Crippen LogP contribution is 2.40. The summed E-state index contributed by atoms with van der Waals surface area (Å²) in [4.78, 5) is 8.91. The summed E-state index contributed by atoms with van der Waals surface area (Å²) in [6, 6.07) is 5.61. The molecule has 1 aliphatic rings. The first-order valence-corrected chi connectivity index (χ1v) is 7.67. The second kappa shape index (κ2) is 6.28. The third-order valence-electron chi connectivity index (χ3n) is 3.95. The largest absolute Gasteiger partial charge is 0.271 e. The van der Waals surface area contributed by atoms with Crippen molar-refractivity contribution in [2.24, 2.45) is 5.84 Å². The summed E-state index contributed by atoms with van der Waals surface area (Å²) in [6.45, 7) is 0. The molecule has 1 aliphatic carbocycles. The van der Waals surface area contributed by atoms with Gasteiger partial charge in [-0.3, -0.25) is 21.2 Å². The Morgan fingerprint density at radius 1 is 1.33 bits per heavy atom. The van der Waals surface area contributed by atoms with Crippen molar-refractivity contribution in [3.63, 3.8) is 0 Å². The Kier molecular flexibility index (Phi) is 4.40. The van der Waals surface area contributed by atoms with Crippen LogP contribution in [0.25, 0.3) is 0 Å². The number of fused-ring (bicyclic) bond motifs is 1. The van der Waals surface area contributed by atoms with Gasteiger partial charge in [-0.1, -0.05) is 29.3 Å². The van der Waals surface area contributed by atoms with Gasteiger partial charge < -0.3 is 0 Å². The molecule has 6 heteroatoms. The number of hydrogen-bond acceptors (Lipinski definition) is 4. The van der Waals surface area contributed by atoms with Crippen LogP contribution in [0, 0.1) is 0 Å². The first kappa shape index (κ1) is 14.7. The third-order valence-corrected chi connectivity index (χ3v) is 4.46. The zero-order valence-corrected chi connectivity index (χ0v) is 12.9. The maximum atomic E-state index is 6.29. The van der Waals surface area contributed by atoms with E-state index < -0.39 is 0 Å². The van der Waals surface area contributed by atoms with E-state index in [4.69, 9.17) is 29.0 Å². The van der Waals surface area contributed by atoms with Crippen LogP contribution in [0.5, 0.6) is 0 Å². The van der Waals surface area contributed by atoms with Crippen molar-refractivity contribution >= 4 is 23.2 Å². The Morgan fingerprint density at radius 3 is 2.95 bits per heavy atom. The van der Waals surface area contributed by atoms with Gasteiger partial charge >= 0.3 is 0 Å². The van der Waals surface area contributed by atoms with E-state index in [0.717, 1.165) is 25.0 Å². The molecule has 0 bridgehead atoms. The molecule has 0 spiro atoms. The van der Waals surface area contributed by atoms with Gasteiger partial charge in [0.05, 0.1) is 21.8 Å². The highest BCUT2D eigenvalue weighted by Gasteiger charge is 2.31. The van der Waals surface area contributed by atoms with Gasteiger partial charge in [-0.25, -0.2) is 0 Å². The second-order valence-corrected chi connectivity index (χ2v) is 6.06. The molecule has 3 N–H and O–H groups in total. The molecular weight excluding hydrogens is 307 g/mol. The zero-order valence-electron chi connectivity index (χ0n) is 11.4. The molecule has 0 saturated heterocycles. The fraction of sp³-hybridized carbons (Fsp3) is 0.333. The van der Waals surface area contributed by atoms with Crippen LogP contribution in [0.1, 0.15) is 41.8 Å². The minimum absolute atomic E-state index is 0.158. The Hall–Kier alpha value is -1.20. The van der Waals surface area contributed by atoms with Gasteiger partial charge in [0.2, 0.25) is 0 Å². The number of pyridine rings is 2. The van der Waals surface area contributed by atoms with Crippen LogP contribution in [0.15, 0.2) is 30.6 Å². The lowest BCUT2D eigenvalue weighted by atomic mass is 9.81. The summed E-state index contributed by atoms with van der Waals surface area (Å²) in [7, 11) is 0. The molecule has 4 nitrogen and oxygen atoms in total. The second-order valence-electron chi connectivity index (χ2n) is 5.21. The SMILES string of the molecule is NNC(c1ncc(Cl)cc1Cl)C1CCCc2cccnc21. The monoisotopic (exact) mass is 322 g/mol. The Labute approximate surface area is 133 Å². The van der Waals surface area contributed by atoms with Gasteiger partial charge in [0, 0.05) is 24.0 Å². The molecular formula is C15H16Cl2N4. The van der Waals surface area contributed by atoms with Crippen molar-refractivity contribution in [3.8, 4) is 0 Å². The summed E-state index contributed by atoms with van der Waals surface area (Å²) in [5.74, 6) is 5.95. The van der Waals surface area contributed by atoms with E-state index in [1.54, 1.807) is 12.3 Å². The van der Waals surface area contributed by atoms with Crippen molar-refractivity contribution in [3.05, 3.63) is 57.6 Å². The van der Waals surface area contributed by atoms with Gasteiger partial charge in [-0.2, -0.15) is 0 Å². The Bertz CT molecular complexity index is 647. The van der Waals surface area contributed by atoms with Crippen LogP contribution in [-0.2, 0) is 6.42 Å². The zero-order chi connectivity index (χ0) is 14.8. The Balaban J connectivity index is 2.01. The first-order valence-electron chi connectivity index (χ1n) is 6.91. The molecule has 0 radical (unpaired) electrons. The summed E-state index contributed by atoms with van der Waals surface area (Å²) in [5, 5.41) is 1.04. The Morgan fingerprint density at radius 2 is 2.19 bits per heavy atom. The maximum absolute atomic E-state index is 6.29. The van der Waals surface area contributed by atoms with E-state index in [0.29, 0.717) is 15.7 Å². The number of hydrazine groups is 1. The predicted octanol–water partition coefficient (Wildman–Crippen LogP) is 3.41. The van der Waals surface area contributed by atoms with E-state index in [1.165, 1.54) is 5.56 Å². The van der Waals surface area contributed by atoms with Crippen LogP contribution in [0.3, 0.4) is 0 Å². The van der Waals surface area contributed by atoms with Gasteiger partial charge in [-0.15, -0.1) is 0 Å². The highest BCUT2D eigenvalue weighted by atomic mass is 35.5. The lowest BCUT2D eigenvalue weighted by Gasteiger charge is -2.31. The molecule has 2 atom stereocenters.